The van der Waals surface area contributed by atoms with Crippen LogP contribution in [0.25, 0.3) is 0 Å². The minimum Gasteiger partial charge on any atom is -0.378 e. The topological polar surface area (TPSA) is 59.6 Å². The van der Waals surface area contributed by atoms with Gasteiger partial charge in [0.25, 0.3) is 0 Å². The molecule has 0 saturated carbocycles. The number of amides is 2. The minimum atomic E-state index is -0.158. The third-order valence-corrected chi connectivity index (χ3v) is 3.30. The Hall–Kier alpha value is -1.07. The molecule has 0 radical (unpaired) electrons. The molecule has 2 saturated heterocycles. The number of ether oxygens (including phenoxy) is 2. The first-order chi connectivity index (χ1) is 8.24. The molecule has 0 bridgehead atoms. The van der Waals surface area contributed by atoms with E-state index in [-0.39, 0.29) is 17.7 Å². The summed E-state index contributed by atoms with van der Waals surface area (Å²) in [5.74, 6) is 0. The van der Waals surface area contributed by atoms with E-state index in [1.54, 1.807) is 6.08 Å². The molecule has 0 aromatic carbocycles. The van der Waals surface area contributed by atoms with Gasteiger partial charge < -0.3 is 20.1 Å². The van der Waals surface area contributed by atoms with Crippen LogP contribution >= 0.6 is 0 Å². The Balaban J connectivity index is 1.81. The predicted molar refractivity (Wildman–Crippen MR) is 63.9 cm³/mol. The van der Waals surface area contributed by atoms with E-state index in [2.05, 4.69) is 17.2 Å². The summed E-state index contributed by atoms with van der Waals surface area (Å²) in [6, 6.07) is 0.0427. The van der Waals surface area contributed by atoms with E-state index >= 15 is 0 Å². The molecule has 0 aromatic heterocycles. The highest BCUT2D eigenvalue weighted by Gasteiger charge is 2.41. The van der Waals surface area contributed by atoms with Gasteiger partial charge in [0.2, 0.25) is 0 Å². The van der Waals surface area contributed by atoms with Crippen molar-refractivity contribution in [3.63, 3.8) is 0 Å². The van der Waals surface area contributed by atoms with Crippen LogP contribution in [-0.2, 0) is 9.47 Å². The van der Waals surface area contributed by atoms with Crippen molar-refractivity contribution >= 4 is 6.03 Å². The second-order valence-corrected chi connectivity index (χ2v) is 4.67. The number of hydrogen-bond acceptors (Lipinski definition) is 3. The molecule has 2 atom stereocenters. The lowest BCUT2D eigenvalue weighted by Gasteiger charge is -2.37. The summed E-state index contributed by atoms with van der Waals surface area (Å²) in [6.45, 7) is 6.15. The van der Waals surface area contributed by atoms with Crippen molar-refractivity contribution in [3.8, 4) is 0 Å². The lowest BCUT2D eigenvalue weighted by Crippen LogP contribution is -2.51. The Labute approximate surface area is 102 Å². The summed E-state index contributed by atoms with van der Waals surface area (Å²) >= 11 is 0. The summed E-state index contributed by atoms with van der Waals surface area (Å²) in [5, 5.41) is 5.69. The Morgan fingerprint density at radius 2 is 2.41 bits per heavy atom. The highest BCUT2D eigenvalue weighted by atomic mass is 16.6. The molecule has 2 aliphatic rings. The van der Waals surface area contributed by atoms with Gasteiger partial charge in [-0.3, -0.25) is 0 Å². The number of urea groups is 1. The van der Waals surface area contributed by atoms with Crippen LogP contribution in [0.2, 0.25) is 0 Å². The molecule has 2 aliphatic heterocycles. The molecule has 2 heterocycles. The average molecular weight is 240 g/mol. The van der Waals surface area contributed by atoms with Crippen LogP contribution in [-0.4, -0.2) is 44.0 Å². The number of hydrogen-bond donors (Lipinski definition) is 2. The zero-order valence-corrected chi connectivity index (χ0v) is 10.0. The molecule has 96 valence electrons. The van der Waals surface area contributed by atoms with Gasteiger partial charge in [-0.2, -0.15) is 0 Å². The highest BCUT2D eigenvalue weighted by Crippen LogP contribution is 2.32. The van der Waals surface area contributed by atoms with Crippen LogP contribution in [0.3, 0.4) is 0 Å². The van der Waals surface area contributed by atoms with Crippen molar-refractivity contribution in [2.45, 2.75) is 30.9 Å². The van der Waals surface area contributed by atoms with Gasteiger partial charge in [-0.15, -0.1) is 6.58 Å². The first kappa shape index (κ1) is 12.4. The molecular formula is C12H20N2O3. The molecule has 5 heteroatoms. The monoisotopic (exact) mass is 240 g/mol. The Kier molecular flexibility index (Phi) is 4.02. The van der Waals surface area contributed by atoms with E-state index in [0.717, 1.165) is 25.9 Å². The van der Waals surface area contributed by atoms with Crippen LogP contribution in [0.15, 0.2) is 12.7 Å². The number of rotatable bonds is 3. The molecule has 17 heavy (non-hydrogen) atoms. The normalized spacial score (nSPS) is 32.4. The fourth-order valence-corrected chi connectivity index (χ4v) is 2.42. The first-order valence-electron chi connectivity index (χ1n) is 6.11. The van der Waals surface area contributed by atoms with Crippen molar-refractivity contribution < 1.29 is 14.3 Å². The van der Waals surface area contributed by atoms with Crippen LogP contribution in [0.1, 0.15) is 19.3 Å². The maximum absolute atomic E-state index is 11.5. The lowest BCUT2D eigenvalue weighted by molar-refractivity contribution is -0.0878. The largest absolute Gasteiger partial charge is 0.378 e. The number of carbonyl (C=O) groups excluding carboxylic acids is 1. The van der Waals surface area contributed by atoms with Crippen molar-refractivity contribution in [3.05, 3.63) is 12.7 Å². The molecule has 1 spiro atoms. The zero-order valence-electron chi connectivity index (χ0n) is 10.0. The summed E-state index contributed by atoms with van der Waals surface area (Å²) in [4.78, 5) is 11.5. The van der Waals surface area contributed by atoms with Crippen molar-refractivity contribution in [2.24, 2.45) is 0 Å². The smallest absolute Gasteiger partial charge is 0.315 e. The summed E-state index contributed by atoms with van der Waals surface area (Å²) < 4.78 is 11.2. The predicted octanol–water partition coefficient (Wildman–Crippen LogP) is 0.810. The lowest BCUT2D eigenvalue weighted by atomic mass is 9.90. The molecule has 2 fully saturated rings. The Morgan fingerprint density at radius 3 is 3.12 bits per heavy atom. The molecule has 2 rings (SSSR count). The Bertz CT molecular complexity index is 287. The summed E-state index contributed by atoms with van der Waals surface area (Å²) in [5.41, 5.74) is -0.158. The van der Waals surface area contributed by atoms with Gasteiger partial charge in [0.15, 0.2) is 0 Å². The standard InChI is InChI=1S/C12H20N2O3/c1-2-5-13-11(15)14-10-3-6-17-12(8-10)4-7-16-9-12/h2,10H,1,3-9H2,(H2,13,14,15)/t10-,12-/m1/s1. The molecule has 2 N–H and O–H groups in total. The van der Waals surface area contributed by atoms with Crippen molar-refractivity contribution in [2.75, 3.05) is 26.4 Å². The van der Waals surface area contributed by atoms with E-state index in [1.165, 1.54) is 0 Å². The summed E-state index contributed by atoms with van der Waals surface area (Å²) in [7, 11) is 0. The third-order valence-electron chi connectivity index (χ3n) is 3.30. The maximum atomic E-state index is 11.5. The van der Waals surface area contributed by atoms with E-state index in [9.17, 15) is 4.79 Å². The molecule has 2 amide bonds. The second-order valence-electron chi connectivity index (χ2n) is 4.67. The number of carbonyl (C=O) groups is 1. The van der Waals surface area contributed by atoms with Crippen molar-refractivity contribution in [1.82, 2.24) is 10.6 Å². The Morgan fingerprint density at radius 1 is 1.53 bits per heavy atom. The molecule has 0 unspecified atom stereocenters. The van der Waals surface area contributed by atoms with Gasteiger partial charge in [0.05, 0.1) is 12.2 Å². The maximum Gasteiger partial charge on any atom is 0.315 e. The van der Waals surface area contributed by atoms with E-state index < -0.39 is 0 Å². The van der Waals surface area contributed by atoms with E-state index in [1.807, 2.05) is 0 Å². The zero-order chi connectivity index (χ0) is 12.1. The van der Waals surface area contributed by atoms with Crippen molar-refractivity contribution in [1.29, 1.82) is 0 Å². The fraction of sp³-hybridized carbons (Fsp3) is 0.750. The quantitative estimate of drug-likeness (QED) is 0.718. The van der Waals surface area contributed by atoms with Crippen LogP contribution in [0.5, 0.6) is 0 Å². The molecule has 0 aliphatic carbocycles. The average Bonchev–Trinajstić information content (AvgIpc) is 2.74. The van der Waals surface area contributed by atoms with Gasteiger partial charge in [-0.1, -0.05) is 6.08 Å². The van der Waals surface area contributed by atoms with Crippen LogP contribution in [0.4, 0.5) is 4.79 Å². The van der Waals surface area contributed by atoms with E-state index in [0.29, 0.717) is 19.8 Å². The highest BCUT2D eigenvalue weighted by molar-refractivity contribution is 5.74. The van der Waals surface area contributed by atoms with Gasteiger partial charge in [0, 0.05) is 32.2 Å². The van der Waals surface area contributed by atoms with Gasteiger partial charge in [0.1, 0.15) is 0 Å². The second kappa shape index (κ2) is 5.51. The van der Waals surface area contributed by atoms with Crippen LogP contribution in [0, 0.1) is 0 Å². The minimum absolute atomic E-state index is 0.133. The van der Waals surface area contributed by atoms with Gasteiger partial charge in [-0.05, 0) is 12.8 Å². The molecule has 0 aromatic rings. The number of nitrogens with one attached hydrogen (secondary N) is 2. The van der Waals surface area contributed by atoms with Crippen LogP contribution < -0.4 is 10.6 Å². The van der Waals surface area contributed by atoms with Gasteiger partial charge >= 0.3 is 6.03 Å². The fourth-order valence-electron chi connectivity index (χ4n) is 2.42. The SMILES string of the molecule is C=CCNC(=O)N[C@@H]1CCO[C@]2(CCOC2)C1. The molecule has 5 nitrogen and oxygen atoms in total. The van der Waals surface area contributed by atoms with Gasteiger partial charge in [-0.25, -0.2) is 4.79 Å². The van der Waals surface area contributed by atoms with E-state index in [4.69, 9.17) is 9.47 Å². The first-order valence-corrected chi connectivity index (χ1v) is 6.11. The summed E-state index contributed by atoms with van der Waals surface area (Å²) in [6.07, 6.45) is 4.30. The molecular weight excluding hydrogens is 220 g/mol. The third kappa shape index (κ3) is 3.20.